The summed E-state index contributed by atoms with van der Waals surface area (Å²) in [6.45, 7) is 1.11. The predicted octanol–water partition coefficient (Wildman–Crippen LogP) is 3.27. The second kappa shape index (κ2) is 5.24. The highest BCUT2D eigenvalue weighted by molar-refractivity contribution is 7.99. The molecule has 1 atom stereocenters. The molecule has 0 spiro atoms. The van der Waals surface area contributed by atoms with Crippen molar-refractivity contribution in [1.82, 2.24) is 14.9 Å². The van der Waals surface area contributed by atoms with E-state index in [1.54, 1.807) is 0 Å². The third kappa shape index (κ3) is 2.34. The van der Waals surface area contributed by atoms with Crippen molar-refractivity contribution in [2.24, 2.45) is 0 Å². The van der Waals surface area contributed by atoms with Crippen LogP contribution in [0.2, 0.25) is 5.02 Å². The summed E-state index contributed by atoms with van der Waals surface area (Å²) < 4.78 is 2.40. The second-order valence-corrected chi connectivity index (χ2v) is 7.22. The maximum atomic E-state index is 6.41. The summed E-state index contributed by atoms with van der Waals surface area (Å²) in [5.74, 6) is 3.61. The minimum Gasteiger partial charge on any atom is -0.324 e. The third-order valence-electron chi connectivity index (χ3n) is 4.07. The second-order valence-electron chi connectivity index (χ2n) is 5.67. The number of hydrogen-bond donors (Lipinski definition) is 1. The van der Waals surface area contributed by atoms with Gasteiger partial charge in [-0.05, 0) is 25.0 Å². The first-order valence-corrected chi connectivity index (χ1v) is 8.82. The van der Waals surface area contributed by atoms with E-state index >= 15 is 0 Å². The van der Waals surface area contributed by atoms with Crippen LogP contribution in [0.4, 0.5) is 0 Å². The Morgan fingerprint density at radius 2 is 2.30 bits per heavy atom. The smallest absolute Gasteiger partial charge is 0.111 e. The number of fused-ring (bicyclic) bond motifs is 1. The number of benzene rings is 1. The van der Waals surface area contributed by atoms with Crippen LogP contribution >= 0.6 is 23.4 Å². The van der Waals surface area contributed by atoms with Gasteiger partial charge in [-0.2, -0.15) is 11.8 Å². The first-order valence-electron chi connectivity index (χ1n) is 7.29. The average Bonchev–Trinajstić information content (AvgIpc) is 3.22. The van der Waals surface area contributed by atoms with Crippen molar-refractivity contribution < 1.29 is 0 Å². The lowest BCUT2D eigenvalue weighted by atomic mass is 10.2. The summed E-state index contributed by atoms with van der Waals surface area (Å²) in [6.07, 6.45) is 3.53. The van der Waals surface area contributed by atoms with Gasteiger partial charge in [0.15, 0.2) is 0 Å². The average molecular weight is 308 g/mol. The highest BCUT2D eigenvalue weighted by Gasteiger charge is 2.30. The number of thioether (sulfide) groups is 1. The van der Waals surface area contributed by atoms with Crippen LogP contribution in [0.25, 0.3) is 11.0 Å². The van der Waals surface area contributed by atoms with Crippen LogP contribution in [0.15, 0.2) is 18.2 Å². The lowest BCUT2D eigenvalue weighted by Crippen LogP contribution is -2.39. The molecule has 1 N–H and O–H groups in total. The maximum Gasteiger partial charge on any atom is 0.111 e. The zero-order valence-electron chi connectivity index (χ0n) is 11.3. The molecule has 106 valence electrons. The fourth-order valence-corrected chi connectivity index (χ4v) is 4.21. The van der Waals surface area contributed by atoms with Gasteiger partial charge in [0.25, 0.3) is 0 Å². The largest absolute Gasteiger partial charge is 0.324 e. The number of nitrogens with one attached hydrogen (secondary N) is 1. The van der Waals surface area contributed by atoms with Crippen LogP contribution < -0.4 is 5.32 Å². The van der Waals surface area contributed by atoms with Crippen LogP contribution in [0.1, 0.15) is 24.7 Å². The molecule has 1 saturated carbocycles. The quantitative estimate of drug-likeness (QED) is 0.944. The number of halogens is 1. The van der Waals surface area contributed by atoms with Gasteiger partial charge >= 0.3 is 0 Å². The Kier molecular flexibility index (Phi) is 3.41. The van der Waals surface area contributed by atoms with Crippen molar-refractivity contribution in [1.29, 1.82) is 0 Å². The molecule has 0 radical (unpaired) electrons. The van der Waals surface area contributed by atoms with Crippen molar-refractivity contribution >= 4 is 34.4 Å². The Morgan fingerprint density at radius 3 is 3.05 bits per heavy atom. The molecule has 1 saturated heterocycles. The van der Waals surface area contributed by atoms with Crippen LogP contribution in [0, 0.1) is 0 Å². The van der Waals surface area contributed by atoms with E-state index in [0.29, 0.717) is 12.1 Å². The molecule has 3 nitrogen and oxygen atoms in total. The first-order chi connectivity index (χ1) is 9.83. The molecule has 2 aliphatic rings. The number of para-hydroxylation sites is 1. The van der Waals surface area contributed by atoms with E-state index in [9.17, 15) is 0 Å². The third-order valence-corrected chi connectivity index (χ3v) is 5.51. The van der Waals surface area contributed by atoms with Gasteiger partial charge in [0.05, 0.1) is 16.1 Å². The fourth-order valence-electron chi connectivity index (χ4n) is 3.00. The van der Waals surface area contributed by atoms with Crippen molar-refractivity contribution in [3.05, 3.63) is 29.0 Å². The highest BCUT2D eigenvalue weighted by atomic mass is 35.5. The number of rotatable bonds is 3. The van der Waals surface area contributed by atoms with Gasteiger partial charge in [-0.15, -0.1) is 0 Å². The molecule has 2 aromatic rings. The summed E-state index contributed by atoms with van der Waals surface area (Å²) in [4.78, 5) is 4.86. The number of imidazole rings is 1. The van der Waals surface area contributed by atoms with Crippen molar-refractivity contribution in [2.75, 3.05) is 18.1 Å². The van der Waals surface area contributed by atoms with Crippen molar-refractivity contribution in [3.8, 4) is 0 Å². The topological polar surface area (TPSA) is 29.9 Å². The zero-order chi connectivity index (χ0) is 13.5. The minimum atomic E-state index is 0.543. The van der Waals surface area contributed by atoms with Crippen LogP contribution in [-0.2, 0) is 6.42 Å². The molecule has 1 aromatic carbocycles. The molecular formula is C15H18ClN3S. The van der Waals surface area contributed by atoms with Gasteiger partial charge in [0.2, 0.25) is 0 Å². The maximum absolute atomic E-state index is 6.41. The van der Waals surface area contributed by atoms with E-state index in [0.717, 1.165) is 29.0 Å². The van der Waals surface area contributed by atoms with Gasteiger partial charge in [0.1, 0.15) is 5.82 Å². The normalized spacial score (nSPS) is 23.4. The molecule has 1 aliphatic heterocycles. The Bertz CT molecular complexity index is 629. The molecule has 0 amide bonds. The van der Waals surface area contributed by atoms with Gasteiger partial charge in [-0.1, -0.05) is 17.7 Å². The molecule has 1 aliphatic carbocycles. The first kappa shape index (κ1) is 13.0. The Hall–Kier alpha value is -0.710. The molecule has 20 heavy (non-hydrogen) atoms. The molecule has 2 heterocycles. The number of hydrogen-bond acceptors (Lipinski definition) is 3. The predicted molar refractivity (Wildman–Crippen MR) is 85.8 cm³/mol. The van der Waals surface area contributed by atoms with Crippen molar-refractivity contribution in [3.63, 3.8) is 0 Å². The Morgan fingerprint density at radius 1 is 1.40 bits per heavy atom. The van der Waals surface area contributed by atoms with Crippen molar-refractivity contribution in [2.45, 2.75) is 31.3 Å². The molecule has 4 rings (SSSR count). The standard InChI is InChI=1S/C15H18ClN3S/c16-12-2-1-3-13-15(12)19(11-4-5-11)14(18-13)8-10-9-20-7-6-17-10/h1-3,10-11,17H,4-9H2. The van der Waals surface area contributed by atoms with Gasteiger partial charge in [0, 0.05) is 36.6 Å². The molecular weight excluding hydrogens is 290 g/mol. The van der Waals surface area contributed by atoms with E-state index in [-0.39, 0.29) is 0 Å². The van der Waals surface area contributed by atoms with Crippen LogP contribution in [0.5, 0.6) is 0 Å². The summed E-state index contributed by atoms with van der Waals surface area (Å²) in [5, 5.41) is 4.44. The van der Waals surface area contributed by atoms with E-state index in [2.05, 4.69) is 16.0 Å². The van der Waals surface area contributed by atoms with E-state index in [4.69, 9.17) is 16.6 Å². The highest BCUT2D eigenvalue weighted by Crippen LogP contribution is 2.40. The summed E-state index contributed by atoms with van der Waals surface area (Å²) in [6, 6.07) is 7.20. The molecule has 5 heteroatoms. The minimum absolute atomic E-state index is 0.543. The lowest BCUT2D eigenvalue weighted by Gasteiger charge is -2.23. The lowest BCUT2D eigenvalue weighted by molar-refractivity contribution is 0.535. The Balaban J connectivity index is 1.74. The monoisotopic (exact) mass is 307 g/mol. The van der Waals surface area contributed by atoms with Gasteiger partial charge in [-0.25, -0.2) is 4.98 Å². The Labute approximate surface area is 128 Å². The number of nitrogens with zero attached hydrogens (tertiary/aromatic N) is 2. The zero-order valence-corrected chi connectivity index (χ0v) is 12.9. The number of aromatic nitrogens is 2. The molecule has 1 aromatic heterocycles. The van der Waals surface area contributed by atoms with E-state index < -0.39 is 0 Å². The van der Waals surface area contributed by atoms with Gasteiger partial charge < -0.3 is 9.88 Å². The van der Waals surface area contributed by atoms with Gasteiger partial charge in [-0.3, -0.25) is 0 Å². The van der Waals surface area contributed by atoms with Crippen LogP contribution in [0.3, 0.4) is 0 Å². The summed E-state index contributed by atoms with van der Waals surface area (Å²) >= 11 is 8.45. The SMILES string of the molecule is Clc1cccc2nc(CC3CSCCN3)n(C3CC3)c12. The summed E-state index contributed by atoms with van der Waals surface area (Å²) in [5.41, 5.74) is 2.18. The fraction of sp³-hybridized carbons (Fsp3) is 0.533. The summed E-state index contributed by atoms with van der Waals surface area (Å²) in [7, 11) is 0. The molecule has 2 fully saturated rings. The molecule has 0 bridgehead atoms. The van der Waals surface area contributed by atoms with E-state index in [1.807, 2.05) is 23.9 Å². The molecule has 1 unspecified atom stereocenters. The van der Waals surface area contributed by atoms with E-state index in [1.165, 1.54) is 30.2 Å². The van der Waals surface area contributed by atoms with Crippen LogP contribution in [-0.4, -0.2) is 33.6 Å².